The first-order valence-electron chi connectivity index (χ1n) is 10.5. The number of hydrogen-bond donors (Lipinski definition) is 2. The van der Waals surface area contributed by atoms with Gasteiger partial charge in [0.1, 0.15) is 17.8 Å². The van der Waals surface area contributed by atoms with Gasteiger partial charge in [0, 0.05) is 31.0 Å². The van der Waals surface area contributed by atoms with Crippen LogP contribution in [0.2, 0.25) is 0 Å². The van der Waals surface area contributed by atoms with Crippen LogP contribution in [0.15, 0.2) is 47.5 Å². The molecule has 4 aromatic rings. The Balaban J connectivity index is 1.65. The Morgan fingerprint density at radius 1 is 1.27 bits per heavy atom. The van der Waals surface area contributed by atoms with Gasteiger partial charge in [0.25, 0.3) is 5.91 Å². The topological polar surface area (TPSA) is 95.1 Å². The van der Waals surface area contributed by atoms with Crippen molar-refractivity contribution in [1.82, 2.24) is 19.9 Å². The first kappa shape index (κ1) is 22.5. The van der Waals surface area contributed by atoms with Crippen molar-refractivity contribution in [3.63, 3.8) is 0 Å². The smallest absolute Gasteiger partial charge is 0.251 e. The second-order valence-corrected chi connectivity index (χ2v) is 8.59. The third-order valence-electron chi connectivity index (χ3n) is 5.39. The number of amides is 1. The summed E-state index contributed by atoms with van der Waals surface area (Å²) in [6.07, 6.45) is 3.38. The summed E-state index contributed by atoms with van der Waals surface area (Å²) in [5.41, 5.74) is 11.0. The molecule has 4 rings (SSSR count). The van der Waals surface area contributed by atoms with E-state index in [-0.39, 0.29) is 11.9 Å². The van der Waals surface area contributed by atoms with Crippen LogP contribution >= 0.6 is 11.3 Å². The maximum atomic E-state index is 12.6. The molecule has 33 heavy (non-hydrogen) atoms. The van der Waals surface area contributed by atoms with Gasteiger partial charge in [0.2, 0.25) is 0 Å². The fraction of sp³-hybridized carbons (Fsp3) is 0.240. The van der Waals surface area contributed by atoms with E-state index in [2.05, 4.69) is 27.1 Å². The highest BCUT2D eigenvalue weighted by Gasteiger charge is 2.16. The number of anilines is 1. The molecule has 8 heteroatoms. The van der Waals surface area contributed by atoms with E-state index in [0.717, 1.165) is 33.3 Å². The van der Waals surface area contributed by atoms with Crippen molar-refractivity contribution >= 4 is 34.1 Å². The Morgan fingerprint density at radius 2 is 2.09 bits per heavy atom. The van der Waals surface area contributed by atoms with Gasteiger partial charge in [-0.1, -0.05) is 17.9 Å². The Kier molecular flexibility index (Phi) is 6.73. The van der Waals surface area contributed by atoms with Gasteiger partial charge in [-0.25, -0.2) is 9.97 Å². The molecule has 0 fully saturated rings. The van der Waals surface area contributed by atoms with Crippen molar-refractivity contribution in [1.29, 1.82) is 0 Å². The van der Waals surface area contributed by atoms with Gasteiger partial charge in [0.15, 0.2) is 0 Å². The summed E-state index contributed by atoms with van der Waals surface area (Å²) in [6.45, 7) is 5.04. The molecule has 3 aromatic heterocycles. The van der Waals surface area contributed by atoms with E-state index in [9.17, 15) is 4.79 Å². The summed E-state index contributed by atoms with van der Waals surface area (Å²) in [5.74, 6) is 6.68. The zero-order valence-corrected chi connectivity index (χ0v) is 19.6. The lowest BCUT2D eigenvalue weighted by molar-refractivity contribution is 0.0951. The lowest BCUT2D eigenvalue weighted by Gasteiger charge is -2.13. The molecular weight excluding hydrogens is 434 g/mol. The normalized spacial score (nSPS) is 11.7. The summed E-state index contributed by atoms with van der Waals surface area (Å²) >= 11 is 1.61. The third kappa shape index (κ3) is 4.90. The van der Waals surface area contributed by atoms with Gasteiger partial charge in [-0.2, -0.15) is 11.3 Å². The monoisotopic (exact) mass is 459 g/mol. The number of aryl methyl sites for hydroxylation is 1. The van der Waals surface area contributed by atoms with Crippen molar-refractivity contribution in [2.24, 2.45) is 0 Å². The van der Waals surface area contributed by atoms with Crippen molar-refractivity contribution in [3.8, 4) is 11.8 Å². The van der Waals surface area contributed by atoms with Crippen molar-refractivity contribution < 1.29 is 9.53 Å². The van der Waals surface area contributed by atoms with E-state index in [0.29, 0.717) is 24.5 Å². The average molecular weight is 460 g/mol. The Morgan fingerprint density at radius 3 is 2.85 bits per heavy atom. The summed E-state index contributed by atoms with van der Waals surface area (Å²) in [6, 6.07) is 7.59. The van der Waals surface area contributed by atoms with Gasteiger partial charge in [-0.3, -0.25) is 4.79 Å². The summed E-state index contributed by atoms with van der Waals surface area (Å²) < 4.78 is 7.30. The molecule has 0 aliphatic rings. The van der Waals surface area contributed by atoms with Crippen molar-refractivity contribution in [2.75, 3.05) is 19.5 Å². The van der Waals surface area contributed by atoms with E-state index in [1.807, 2.05) is 59.6 Å². The van der Waals surface area contributed by atoms with Gasteiger partial charge >= 0.3 is 0 Å². The van der Waals surface area contributed by atoms with E-state index in [4.69, 9.17) is 10.5 Å². The minimum atomic E-state index is -0.133. The number of thiophene rings is 1. The summed E-state index contributed by atoms with van der Waals surface area (Å²) in [7, 11) is 1.67. The molecule has 3 heterocycles. The molecule has 0 radical (unpaired) electrons. The number of carbonyl (C=O) groups excluding carboxylic acids is 1. The fourth-order valence-corrected chi connectivity index (χ4v) is 4.24. The lowest BCUT2D eigenvalue weighted by Crippen LogP contribution is -2.22. The number of carbonyl (C=O) groups is 1. The number of benzene rings is 1. The number of nitrogens with zero attached hydrogens (tertiary/aromatic N) is 3. The maximum Gasteiger partial charge on any atom is 0.251 e. The largest absolute Gasteiger partial charge is 0.383 e. The standard InChI is InChI=1S/C25H25N5O2S/c1-16-4-5-20(25(31)27-11-18-8-9-33-14-18)10-19(16)6-7-21-12-30(17(2)13-32-3)24-22(21)23(26)28-15-29-24/h4-5,8-10,12,14-15,17H,11,13H2,1-3H3,(H,27,31)(H2,26,28,29). The molecule has 0 saturated carbocycles. The molecule has 1 amide bonds. The predicted molar refractivity (Wildman–Crippen MR) is 131 cm³/mol. The van der Waals surface area contributed by atoms with Crippen LogP contribution in [0.5, 0.6) is 0 Å². The Hall–Kier alpha value is -3.67. The van der Waals surface area contributed by atoms with E-state index in [1.165, 1.54) is 6.33 Å². The average Bonchev–Trinajstić information content (AvgIpc) is 3.46. The molecule has 1 aromatic carbocycles. The number of aromatic nitrogens is 3. The molecule has 168 valence electrons. The zero-order valence-electron chi connectivity index (χ0n) is 18.8. The number of fused-ring (bicyclic) bond motifs is 1. The minimum absolute atomic E-state index is 0.0549. The molecule has 0 saturated heterocycles. The Labute approximate surface area is 196 Å². The minimum Gasteiger partial charge on any atom is -0.383 e. The van der Waals surface area contributed by atoms with Crippen LogP contribution in [0.1, 0.15) is 45.6 Å². The van der Waals surface area contributed by atoms with Crippen LogP contribution in [-0.4, -0.2) is 34.2 Å². The van der Waals surface area contributed by atoms with Crippen LogP contribution in [0.25, 0.3) is 11.0 Å². The van der Waals surface area contributed by atoms with E-state index < -0.39 is 0 Å². The van der Waals surface area contributed by atoms with Crippen molar-refractivity contribution in [2.45, 2.75) is 26.4 Å². The molecule has 7 nitrogen and oxygen atoms in total. The maximum absolute atomic E-state index is 12.6. The quantitative estimate of drug-likeness (QED) is 0.426. The molecule has 3 N–H and O–H groups in total. The number of nitrogens with two attached hydrogens (primary N) is 1. The van der Waals surface area contributed by atoms with Crippen LogP contribution in [0.3, 0.4) is 0 Å². The first-order valence-corrected chi connectivity index (χ1v) is 11.4. The van der Waals surface area contributed by atoms with Crippen LogP contribution in [0.4, 0.5) is 5.82 Å². The highest BCUT2D eigenvalue weighted by atomic mass is 32.1. The molecule has 0 aliphatic heterocycles. The zero-order chi connectivity index (χ0) is 23.4. The Bertz CT molecular complexity index is 1350. The van der Waals surface area contributed by atoms with Gasteiger partial charge in [0.05, 0.1) is 23.6 Å². The number of nitrogens with one attached hydrogen (secondary N) is 1. The number of nitrogen functional groups attached to an aromatic ring is 1. The van der Waals surface area contributed by atoms with Crippen LogP contribution < -0.4 is 11.1 Å². The highest BCUT2D eigenvalue weighted by molar-refractivity contribution is 7.07. The molecule has 0 bridgehead atoms. The van der Waals surface area contributed by atoms with Gasteiger partial charge < -0.3 is 20.4 Å². The van der Waals surface area contributed by atoms with Gasteiger partial charge in [-0.05, 0) is 53.9 Å². The number of rotatable bonds is 6. The lowest BCUT2D eigenvalue weighted by atomic mass is 10.0. The molecule has 1 unspecified atom stereocenters. The summed E-state index contributed by atoms with van der Waals surface area (Å²) in [5, 5.41) is 7.68. The second-order valence-electron chi connectivity index (χ2n) is 7.81. The third-order valence-corrected chi connectivity index (χ3v) is 6.12. The molecular formula is C25H25N5O2S. The predicted octanol–water partition coefficient (Wildman–Crippen LogP) is 3.92. The summed E-state index contributed by atoms with van der Waals surface area (Å²) in [4.78, 5) is 21.2. The second kappa shape index (κ2) is 9.86. The first-order chi connectivity index (χ1) is 16.0. The molecule has 0 aliphatic carbocycles. The molecule has 1 atom stereocenters. The number of hydrogen-bond acceptors (Lipinski definition) is 6. The molecule has 0 spiro atoms. The number of methoxy groups -OCH3 is 1. The van der Waals surface area contributed by atoms with E-state index in [1.54, 1.807) is 18.4 Å². The van der Waals surface area contributed by atoms with Gasteiger partial charge in [-0.15, -0.1) is 0 Å². The fourth-order valence-electron chi connectivity index (χ4n) is 3.57. The van der Waals surface area contributed by atoms with E-state index >= 15 is 0 Å². The SMILES string of the molecule is COCC(C)n1cc(C#Cc2cc(C(=O)NCc3ccsc3)ccc2C)c2c(N)ncnc21. The highest BCUT2D eigenvalue weighted by Crippen LogP contribution is 2.26. The number of ether oxygens (including phenoxy) is 1. The van der Waals surface area contributed by atoms with Crippen LogP contribution in [0, 0.1) is 18.8 Å². The van der Waals surface area contributed by atoms with Crippen molar-refractivity contribution in [3.05, 3.63) is 75.4 Å². The van der Waals surface area contributed by atoms with Crippen LogP contribution in [-0.2, 0) is 11.3 Å².